The van der Waals surface area contributed by atoms with Crippen molar-refractivity contribution in [2.24, 2.45) is 23.6 Å². The van der Waals surface area contributed by atoms with E-state index in [4.69, 9.17) is 5.84 Å². The summed E-state index contributed by atoms with van der Waals surface area (Å²) in [6.45, 7) is 0. The number of hydrogen-bond acceptors (Lipinski definition) is 2. The molecular formula is C15H20BrFN2. The second kappa shape index (κ2) is 5.51. The predicted octanol–water partition coefficient (Wildman–Crippen LogP) is 3.40. The van der Waals surface area contributed by atoms with Gasteiger partial charge in [0.15, 0.2) is 0 Å². The lowest BCUT2D eigenvalue weighted by atomic mass is 10.0. The van der Waals surface area contributed by atoms with Crippen molar-refractivity contribution in [1.82, 2.24) is 5.43 Å². The second-order valence-electron chi connectivity index (χ2n) is 5.94. The molecule has 2 nitrogen and oxygen atoms in total. The van der Waals surface area contributed by atoms with Gasteiger partial charge in [-0.2, -0.15) is 0 Å². The van der Waals surface area contributed by atoms with E-state index in [9.17, 15) is 4.39 Å². The zero-order valence-electron chi connectivity index (χ0n) is 10.9. The molecule has 1 aromatic rings. The fourth-order valence-electron chi connectivity index (χ4n) is 3.93. The number of benzene rings is 1. The zero-order chi connectivity index (χ0) is 13.4. The first-order valence-electron chi connectivity index (χ1n) is 7.10. The summed E-state index contributed by atoms with van der Waals surface area (Å²) in [4.78, 5) is 0. The van der Waals surface area contributed by atoms with Crippen molar-refractivity contribution in [3.05, 3.63) is 34.1 Å². The van der Waals surface area contributed by atoms with Crippen LogP contribution in [0.25, 0.3) is 0 Å². The monoisotopic (exact) mass is 326 g/mol. The molecular weight excluding hydrogens is 307 g/mol. The Kier molecular flexibility index (Phi) is 3.92. The molecule has 0 amide bonds. The third-order valence-corrected chi connectivity index (χ3v) is 5.24. The maximum absolute atomic E-state index is 13.4. The van der Waals surface area contributed by atoms with Gasteiger partial charge in [-0.3, -0.25) is 11.3 Å². The van der Waals surface area contributed by atoms with Crippen LogP contribution in [-0.4, -0.2) is 6.04 Å². The van der Waals surface area contributed by atoms with Crippen molar-refractivity contribution in [1.29, 1.82) is 0 Å². The number of nitrogens with one attached hydrogen (secondary N) is 1. The van der Waals surface area contributed by atoms with Gasteiger partial charge in [0.1, 0.15) is 5.82 Å². The van der Waals surface area contributed by atoms with Gasteiger partial charge < -0.3 is 0 Å². The minimum absolute atomic E-state index is 0.187. The molecule has 0 aromatic heterocycles. The second-order valence-corrected chi connectivity index (χ2v) is 6.86. The highest BCUT2D eigenvalue weighted by atomic mass is 79.9. The van der Waals surface area contributed by atoms with Crippen molar-refractivity contribution in [3.63, 3.8) is 0 Å². The van der Waals surface area contributed by atoms with Crippen LogP contribution in [0.15, 0.2) is 22.7 Å². The number of hydrogen-bond donors (Lipinski definition) is 2. The fraction of sp³-hybridized carbons (Fsp3) is 0.600. The first-order chi connectivity index (χ1) is 9.19. The molecule has 0 bridgehead atoms. The highest BCUT2D eigenvalue weighted by Crippen LogP contribution is 2.57. The lowest BCUT2D eigenvalue weighted by molar-refractivity contribution is 0.436. The van der Waals surface area contributed by atoms with E-state index in [1.807, 2.05) is 6.07 Å². The average Bonchev–Trinajstić information content (AvgIpc) is 3.09. The van der Waals surface area contributed by atoms with E-state index in [1.54, 1.807) is 6.07 Å². The largest absolute Gasteiger partial charge is 0.271 e. The van der Waals surface area contributed by atoms with E-state index in [0.717, 1.165) is 28.3 Å². The van der Waals surface area contributed by atoms with E-state index in [-0.39, 0.29) is 11.9 Å². The molecule has 0 aliphatic heterocycles. The Balaban J connectivity index is 1.70. The summed E-state index contributed by atoms with van der Waals surface area (Å²) in [5, 5.41) is 0. The van der Waals surface area contributed by atoms with Crippen molar-refractivity contribution in [2.75, 3.05) is 0 Å². The summed E-state index contributed by atoms with van der Waals surface area (Å²) in [7, 11) is 0. The predicted molar refractivity (Wildman–Crippen MR) is 77.9 cm³/mol. The van der Waals surface area contributed by atoms with E-state index in [0.29, 0.717) is 5.92 Å². The smallest absolute Gasteiger partial charge is 0.124 e. The molecule has 19 heavy (non-hydrogen) atoms. The number of nitrogens with two attached hydrogens (primary N) is 1. The highest BCUT2D eigenvalue weighted by molar-refractivity contribution is 9.10. The van der Waals surface area contributed by atoms with Crippen LogP contribution in [0.1, 0.15) is 31.2 Å². The minimum atomic E-state index is -0.187. The van der Waals surface area contributed by atoms with E-state index >= 15 is 0 Å². The van der Waals surface area contributed by atoms with Crippen LogP contribution in [-0.2, 0) is 6.42 Å². The standard InChI is InChI=1S/C15H20BrFN2/c16-10-5-9(6-11(17)8-10)7-14(19-18)15-12-3-1-2-4-13(12)15/h5-6,8,12-15,19H,1-4,7,18H2. The Hall–Kier alpha value is -0.450. The first-order valence-corrected chi connectivity index (χ1v) is 7.89. The molecule has 2 aliphatic rings. The summed E-state index contributed by atoms with van der Waals surface area (Å²) >= 11 is 3.35. The number of hydrazine groups is 1. The van der Waals surface area contributed by atoms with Gasteiger partial charge >= 0.3 is 0 Å². The Morgan fingerprint density at radius 2 is 1.95 bits per heavy atom. The molecule has 2 aliphatic carbocycles. The van der Waals surface area contributed by atoms with Crippen LogP contribution in [0.5, 0.6) is 0 Å². The van der Waals surface area contributed by atoms with Crippen LogP contribution in [0.3, 0.4) is 0 Å². The van der Waals surface area contributed by atoms with Crippen LogP contribution in [0, 0.1) is 23.6 Å². The van der Waals surface area contributed by atoms with E-state index in [2.05, 4.69) is 21.4 Å². The van der Waals surface area contributed by atoms with Gasteiger partial charge in [0.2, 0.25) is 0 Å². The van der Waals surface area contributed by atoms with E-state index in [1.165, 1.54) is 31.7 Å². The molecule has 4 heteroatoms. The topological polar surface area (TPSA) is 38.0 Å². The summed E-state index contributed by atoms with van der Waals surface area (Å²) in [5.41, 5.74) is 3.98. The van der Waals surface area contributed by atoms with Gasteiger partial charge in [-0.1, -0.05) is 28.8 Å². The molecule has 0 spiro atoms. The molecule has 0 saturated heterocycles. The summed E-state index contributed by atoms with van der Waals surface area (Å²) in [6, 6.07) is 5.37. The normalized spacial score (nSPS) is 30.8. The number of halogens is 2. The van der Waals surface area contributed by atoms with Gasteiger partial charge in [0.05, 0.1) is 0 Å². The molecule has 2 saturated carbocycles. The molecule has 2 fully saturated rings. The maximum atomic E-state index is 13.4. The summed E-state index contributed by atoms with van der Waals surface area (Å²) in [5.74, 6) is 7.95. The maximum Gasteiger partial charge on any atom is 0.124 e. The van der Waals surface area contributed by atoms with Crippen LogP contribution < -0.4 is 11.3 Å². The van der Waals surface area contributed by atoms with Gasteiger partial charge in [-0.05, 0) is 60.8 Å². The molecule has 3 unspecified atom stereocenters. The van der Waals surface area contributed by atoms with Crippen molar-refractivity contribution in [2.45, 2.75) is 38.1 Å². The van der Waals surface area contributed by atoms with Crippen LogP contribution in [0.4, 0.5) is 4.39 Å². The van der Waals surface area contributed by atoms with Crippen molar-refractivity contribution in [3.8, 4) is 0 Å². The number of fused-ring (bicyclic) bond motifs is 1. The zero-order valence-corrected chi connectivity index (χ0v) is 12.5. The Labute approximate surface area is 122 Å². The Morgan fingerprint density at radius 1 is 1.26 bits per heavy atom. The summed E-state index contributed by atoms with van der Waals surface area (Å²) < 4.78 is 14.2. The third-order valence-electron chi connectivity index (χ3n) is 4.78. The number of rotatable bonds is 4. The molecule has 3 atom stereocenters. The highest BCUT2D eigenvalue weighted by Gasteiger charge is 2.53. The molecule has 1 aromatic carbocycles. The third kappa shape index (κ3) is 2.86. The van der Waals surface area contributed by atoms with Gasteiger partial charge in [-0.15, -0.1) is 0 Å². The van der Waals surface area contributed by atoms with Crippen LogP contribution >= 0.6 is 15.9 Å². The minimum Gasteiger partial charge on any atom is -0.271 e. The lowest BCUT2D eigenvalue weighted by Gasteiger charge is -2.16. The van der Waals surface area contributed by atoms with Crippen LogP contribution in [0.2, 0.25) is 0 Å². The lowest BCUT2D eigenvalue weighted by Crippen LogP contribution is -2.39. The van der Waals surface area contributed by atoms with Gasteiger partial charge in [0, 0.05) is 10.5 Å². The Bertz CT molecular complexity index is 433. The molecule has 0 heterocycles. The fourth-order valence-corrected chi connectivity index (χ4v) is 4.45. The van der Waals surface area contributed by atoms with E-state index < -0.39 is 0 Å². The van der Waals surface area contributed by atoms with Crippen molar-refractivity contribution >= 4 is 15.9 Å². The van der Waals surface area contributed by atoms with Gasteiger partial charge in [-0.25, -0.2) is 4.39 Å². The van der Waals surface area contributed by atoms with Gasteiger partial charge in [0.25, 0.3) is 0 Å². The molecule has 0 radical (unpaired) electrons. The summed E-state index contributed by atoms with van der Waals surface area (Å²) in [6.07, 6.45) is 6.23. The Morgan fingerprint density at radius 3 is 2.53 bits per heavy atom. The first kappa shape index (κ1) is 13.5. The SMILES string of the molecule is NNC(Cc1cc(F)cc(Br)c1)C1C2CCCCC21. The molecule has 104 valence electrons. The molecule has 3 N–H and O–H groups in total. The van der Waals surface area contributed by atoms with Crippen molar-refractivity contribution < 1.29 is 4.39 Å². The molecule has 3 rings (SSSR count). The quantitative estimate of drug-likeness (QED) is 0.657. The average molecular weight is 327 g/mol.